The Hall–Kier alpha value is -2.08. The van der Waals surface area contributed by atoms with E-state index in [1.165, 1.54) is 0 Å². The number of hydrogen-bond acceptors (Lipinski definition) is 4. The smallest absolute Gasteiger partial charge is 0.249 e. The van der Waals surface area contributed by atoms with E-state index >= 15 is 0 Å². The zero-order chi connectivity index (χ0) is 16.0. The van der Waals surface area contributed by atoms with Gasteiger partial charge in [-0.15, -0.1) is 11.8 Å². The first-order valence-corrected chi connectivity index (χ1v) is 8.68. The average Bonchev–Trinajstić information content (AvgIpc) is 3.04. The Balaban J connectivity index is 1.56. The lowest BCUT2D eigenvalue weighted by atomic mass is 10.2. The van der Waals surface area contributed by atoms with E-state index < -0.39 is 6.04 Å². The van der Waals surface area contributed by atoms with Crippen molar-refractivity contribution in [1.29, 1.82) is 0 Å². The lowest BCUT2D eigenvalue weighted by molar-refractivity contribution is -0.135. The minimum Gasteiger partial charge on any atom is -0.315 e. The first kappa shape index (κ1) is 14.5. The molecule has 2 aromatic rings. The summed E-state index contributed by atoms with van der Waals surface area (Å²) in [4.78, 5) is 30.7. The third-order valence-corrected chi connectivity index (χ3v) is 6.10. The summed E-state index contributed by atoms with van der Waals surface area (Å²) in [6, 6.07) is 11.1. The molecule has 6 heteroatoms. The molecule has 1 aromatic carbocycles. The van der Waals surface area contributed by atoms with Crippen LogP contribution in [0, 0.1) is 0 Å². The zero-order valence-electron chi connectivity index (χ0n) is 12.8. The van der Waals surface area contributed by atoms with Gasteiger partial charge in [0, 0.05) is 17.6 Å². The molecule has 5 nitrogen and oxygen atoms in total. The third kappa shape index (κ3) is 2.37. The number of fused-ring (bicyclic) bond motifs is 2. The van der Waals surface area contributed by atoms with Crippen molar-refractivity contribution in [2.75, 3.05) is 11.1 Å². The molecule has 0 spiro atoms. The summed E-state index contributed by atoms with van der Waals surface area (Å²) < 4.78 is 0. The highest BCUT2D eigenvalue weighted by Crippen LogP contribution is 2.47. The summed E-state index contributed by atoms with van der Waals surface area (Å²) in [5.74, 6) is 1.09. The molecule has 1 aromatic heterocycles. The predicted molar refractivity (Wildman–Crippen MR) is 91.1 cm³/mol. The first-order valence-electron chi connectivity index (χ1n) is 7.70. The largest absolute Gasteiger partial charge is 0.315 e. The van der Waals surface area contributed by atoms with Crippen LogP contribution in [0.1, 0.15) is 19.8 Å². The van der Waals surface area contributed by atoms with Crippen LogP contribution in [-0.4, -0.2) is 38.4 Å². The first-order chi connectivity index (χ1) is 11.1. The molecule has 2 saturated heterocycles. The quantitative estimate of drug-likeness (QED) is 0.921. The van der Waals surface area contributed by atoms with Crippen LogP contribution in [0.25, 0.3) is 10.9 Å². The van der Waals surface area contributed by atoms with Crippen molar-refractivity contribution < 1.29 is 9.59 Å². The topological polar surface area (TPSA) is 62.3 Å². The summed E-state index contributed by atoms with van der Waals surface area (Å²) >= 11 is 1.69. The highest BCUT2D eigenvalue weighted by atomic mass is 32.2. The van der Waals surface area contributed by atoms with E-state index in [1.807, 2.05) is 37.3 Å². The maximum atomic E-state index is 12.6. The molecule has 0 aliphatic carbocycles. The highest BCUT2D eigenvalue weighted by Gasteiger charge is 2.52. The number of aromatic nitrogens is 1. The van der Waals surface area contributed by atoms with Crippen molar-refractivity contribution in [2.24, 2.45) is 0 Å². The van der Waals surface area contributed by atoms with Gasteiger partial charge in [-0.25, -0.2) is 4.98 Å². The van der Waals surface area contributed by atoms with Gasteiger partial charge in [0.25, 0.3) is 0 Å². The molecule has 118 valence electrons. The SMILES string of the molecule is C[C@]12CCC(=O)N1[C@H](C(=O)Nc1ccc3ccccc3n1)CS2. The van der Waals surface area contributed by atoms with Gasteiger partial charge in [0.2, 0.25) is 11.8 Å². The lowest BCUT2D eigenvalue weighted by Gasteiger charge is -2.29. The van der Waals surface area contributed by atoms with E-state index in [2.05, 4.69) is 10.3 Å². The Morgan fingerprint density at radius 1 is 1.35 bits per heavy atom. The number of nitrogens with zero attached hydrogens (tertiary/aromatic N) is 2. The second-order valence-electron chi connectivity index (χ2n) is 6.14. The van der Waals surface area contributed by atoms with Crippen molar-refractivity contribution >= 4 is 40.3 Å². The standard InChI is InChI=1S/C17H17N3O2S/c1-17-9-8-15(21)20(17)13(10-23-17)16(22)19-14-7-6-11-4-2-3-5-12(11)18-14/h2-7,13H,8-10H2,1H3,(H,18,19,22)/t13-,17-/m0/s1. The molecule has 0 unspecified atom stereocenters. The summed E-state index contributed by atoms with van der Waals surface area (Å²) in [5, 5.41) is 3.90. The molecule has 2 fully saturated rings. The van der Waals surface area contributed by atoms with Crippen molar-refractivity contribution in [3.63, 3.8) is 0 Å². The Labute approximate surface area is 138 Å². The van der Waals surface area contributed by atoms with Crippen LogP contribution in [0.15, 0.2) is 36.4 Å². The number of benzene rings is 1. The predicted octanol–water partition coefficient (Wildman–Crippen LogP) is 2.63. The second-order valence-corrected chi connectivity index (χ2v) is 7.65. The molecule has 2 atom stereocenters. The Morgan fingerprint density at radius 3 is 3.04 bits per heavy atom. The Morgan fingerprint density at radius 2 is 2.17 bits per heavy atom. The maximum Gasteiger partial charge on any atom is 0.249 e. The summed E-state index contributed by atoms with van der Waals surface area (Å²) in [6.07, 6.45) is 1.34. The van der Waals surface area contributed by atoms with Gasteiger partial charge in [0.15, 0.2) is 0 Å². The molecular formula is C17H17N3O2S. The van der Waals surface area contributed by atoms with Crippen molar-refractivity contribution in [3.8, 4) is 0 Å². The van der Waals surface area contributed by atoms with Gasteiger partial charge < -0.3 is 10.2 Å². The highest BCUT2D eigenvalue weighted by molar-refractivity contribution is 8.01. The molecule has 2 aliphatic heterocycles. The number of thioether (sulfide) groups is 1. The number of anilines is 1. The van der Waals surface area contributed by atoms with Crippen molar-refractivity contribution in [3.05, 3.63) is 36.4 Å². The number of nitrogens with one attached hydrogen (secondary N) is 1. The van der Waals surface area contributed by atoms with E-state index in [-0.39, 0.29) is 16.7 Å². The van der Waals surface area contributed by atoms with Crippen LogP contribution < -0.4 is 5.32 Å². The average molecular weight is 327 g/mol. The van der Waals surface area contributed by atoms with Gasteiger partial charge in [-0.05, 0) is 31.5 Å². The molecular weight excluding hydrogens is 310 g/mol. The van der Waals surface area contributed by atoms with Gasteiger partial charge in [-0.1, -0.05) is 18.2 Å². The monoisotopic (exact) mass is 327 g/mol. The van der Waals surface area contributed by atoms with Crippen LogP contribution >= 0.6 is 11.8 Å². The Bertz CT molecular complexity index is 809. The number of hydrogen-bond donors (Lipinski definition) is 1. The van der Waals surface area contributed by atoms with Crippen LogP contribution in [0.3, 0.4) is 0 Å². The summed E-state index contributed by atoms with van der Waals surface area (Å²) in [6.45, 7) is 2.05. The van der Waals surface area contributed by atoms with E-state index in [9.17, 15) is 9.59 Å². The van der Waals surface area contributed by atoms with Crippen LogP contribution in [-0.2, 0) is 9.59 Å². The number of pyridine rings is 1. The normalized spacial score (nSPS) is 26.6. The second kappa shape index (κ2) is 5.23. The number of rotatable bonds is 2. The van der Waals surface area contributed by atoms with E-state index in [0.717, 1.165) is 17.3 Å². The fourth-order valence-corrected chi connectivity index (χ4v) is 4.79. The number of para-hydroxylation sites is 1. The van der Waals surface area contributed by atoms with Crippen LogP contribution in [0.4, 0.5) is 5.82 Å². The molecule has 3 heterocycles. The maximum absolute atomic E-state index is 12.6. The molecule has 2 aliphatic rings. The van der Waals surface area contributed by atoms with E-state index in [4.69, 9.17) is 0 Å². The van der Waals surface area contributed by atoms with Gasteiger partial charge in [0.1, 0.15) is 11.9 Å². The third-order valence-electron chi connectivity index (χ3n) is 4.60. The number of amides is 2. The van der Waals surface area contributed by atoms with Crippen molar-refractivity contribution in [2.45, 2.75) is 30.7 Å². The molecule has 4 rings (SSSR count). The molecule has 2 amide bonds. The Kier molecular flexibility index (Phi) is 3.30. The van der Waals surface area contributed by atoms with Gasteiger partial charge >= 0.3 is 0 Å². The van der Waals surface area contributed by atoms with Crippen LogP contribution in [0.2, 0.25) is 0 Å². The molecule has 0 bridgehead atoms. The molecule has 0 radical (unpaired) electrons. The molecule has 0 saturated carbocycles. The van der Waals surface area contributed by atoms with Gasteiger partial charge in [0.05, 0.1) is 10.4 Å². The fourth-order valence-electron chi connectivity index (χ4n) is 3.36. The van der Waals surface area contributed by atoms with Gasteiger partial charge in [-0.3, -0.25) is 9.59 Å². The summed E-state index contributed by atoms with van der Waals surface area (Å²) in [7, 11) is 0. The van der Waals surface area contributed by atoms with Gasteiger partial charge in [-0.2, -0.15) is 0 Å². The van der Waals surface area contributed by atoms with Crippen LogP contribution in [0.5, 0.6) is 0 Å². The van der Waals surface area contributed by atoms with E-state index in [0.29, 0.717) is 18.0 Å². The lowest BCUT2D eigenvalue weighted by Crippen LogP contribution is -2.48. The minimum atomic E-state index is -0.409. The molecule has 1 N–H and O–H groups in total. The fraction of sp³-hybridized carbons (Fsp3) is 0.353. The zero-order valence-corrected chi connectivity index (χ0v) is 13.6. The summed E-state index contributed by atoms with van der Waals surface area (Å²) in [5.41, 5.74) is 0.841. The van der Waals surface area contributed by atoms with Crippen molar-refractivity contribution in [1.82, 2.24) is 9.88 Å². The van der Waals surface area contributed by atoms with E-state index in [1.54, 1.807) is 22.7 Å². The number of carbonyl (C=O) groups is 2. The number of carbonyl (C=O) groups excluding carboxylic acids is 2. The minimum absolute atomic E-state index is 0.0733. The molecule has 23 heavy (non-hydrogen) atoms.